The molecule has 1 saturated heterocycles. The molecule has 1 aliphatic rings. The number of rotatable bonds is 0. The molecule has 0 spiro atoms. The molecule has 0 radical (unpaired) electrons. The van der Waals surface area contributed by atoms with Gasteiger partial charge in [-0.25, -0.2) is 4.90 Å². The highest BCUT2D eigenvalue weighted by Crippen LogP contribution is 2.10. The summed E-state index contributed by atoms with van der Waals surface area (Å²) in [5, 5.41) is 8.53. The van der Waals surface area contributed by atoms with E-state index in [0.717, 1.165) is 25.7 Å². The highest BCUT2D eigenvalue weighted by atomic mass is 16.2. The second-order valence-electron chi connectivity index (χ2n) is 2.81. The Morgan fingerprint density at radius 1 is 1.27 bits per heavy atom. The summed E-state index contributed by atoms with van der Waals surface area (Å²) in [6.07, 6.45) is 6.64. The van der Waals surface area contributed by atoms with Crippen LogP contribution in [0, 0.1) is 11.5 Å². The fourth-order valence-electron chi connectivity index (χ4n) is 1.27. The Balaban J connectivity index is 2.48. The number of amides is 1. The van der Waals surface area contributed by atoms with Gasteiger partial charge in [-0.2, -0.15) is 5.26 Å². The second kappa shape index (κ2) is 3.97. The lowest BCUT2D eigenvalue weighted by molar-refractivity contribution is -0.128. The Hall–Kier alpha value is -1.04. The van der Waals surface area contributed by atoms with Crippen LogP contribution in [0.1, 0.15) is 32.1 Å². The largest absolute Gasteiger partial charge is 0.274 e. The van der Waals surface area contributed by atoms with Crippen molar-refractivity contribution in [1.82, 2.24) is 4.90 Å². The zero-order valence-electron chi connectivity index (χ0n) is 6.55. The monoisotopic (exact) mass is 152 g/mol. The lowest BCUT2D eigenvalue weighted by Crippen LogP contribution is -2.28. The molecule has 11 heavy (non-hydrogen) atoms. The van der Waals surface area contributed by atoms with Crippen molar-refractivity contribution in [1.29, 1.82) is 5.26 Å². The van der Waals surface area contributed by atoms with Gasteiger partial charge in [0.2, 0.25) is 5.91 Å². The summed E-state index contributed by atoms with van der Waals surface area (Å²) in [4.78, 5) is 12.4. The first kappa shape index (κ1) is 8.06. The lowest BCUT2D eigenvalue weighted by Gasteiger charge is -2.15. The van der Waals surface area contributed by atoms with E-state index in [1.54, 1.807) is 0 Å². The molecule has 0 aromatic heterocycles. The van der Waals surface area contributed by atoms with Crippen molar-refractivity contribution in [2.75, 3.05) is 6.54 Å². The number of carbonyl (C=O) groups is 1. The molecule has 60 valence electrons. The zero-order valence-corrected chi connectivity index (χ0v) is 6.55. The third-order valence-corrected chi connectivity index (χ3v) is 1.94. The molecule has 0 aromatic carbocycles. The predicted octanol–water partition coefficient (Wildman–Crippen LogP) is 1.26. The van der Waals surface area contributed by atoms with Crippen LogP contribution in [0.3, 0.4) is 0 Å². The van der Waals surface area contributed by atoms with E-state index in [1.807, 2.05) is 6.19 Å². The molecule has 0 saturated carbocycles. The van der Waals surface area contributed by atoms with Crippen molar-refractivity contribution in [3.8, 4) is 6.19 Å². The zero-order chi connectivity index (χ0) is 8.10. The minimum atomic E-state index is -0.00722. The van der Waals surface area contributed by atoms with Crippen molar-refractivity contribution in [3.63, 3.8) is 0 Å². The van der Waals surface area contributed by atoms with Crippen molar-refractivity contribution < 1.29 is 4.79 Å². The van der Waals surface area contributed by atoms with E-state index >= 15 is 0 Å². The molecule has 1 fully saturated rings. The maximum atomic E-state index is 11.1. The van der Waals surface area contributed by atoms with Crippen LogP contribution in [0.15, 0.2) is 0 Å². The van der Waals surface area contributed by atoms with Gasteiger partial charge in [-0.05, 0) is 12.8 Å². The van der Waals surface area contributed by atoms with Crippen LogP contribution < -0.4 is 0 Å². The van der Waals surface area contributed by atoms with E-state index in [9.17, 15) is 4.79 Å². The molecule has 0 N–H and O–H groups in total. The summed E-state index contributed by atoms with van der Waals surface area (Å²) in [6.45, 7) is 0.620. The Morgan fingerprint density at radius 2 is 2.00 bits per heavy atom. The Labute approximate surface area is 66.6 Å². The molecule has 0 aromatic rings. The number of likely N-dealkylation sites (tertiary alicyclic amines) is 1. The van der Waals surface area contributed by atoms with E-state index in [-0.39, 0.29) is 5.91 Å². The predicted molar refractivity (Wildman–Crippen MR) is 40.4 cm³/mol. The second-order valence-corrected chi connectivity index (χ2v) is 2.81. The minimum Gasteiger partial charge on any atom is -0.274 e. The van der Waals surface area contributed by atoms with Crippen molar-refractivity contribution >= 4 is 5.91 Å². The number of nitriles is 1. The van der Waals surface area contributed by atoms with E-state index in [4.69, 9.17) is 5.26 Å². The van der Waals surface area contributed by atoms with Gasteiger partial charge in [0.25, 0.3) is 0 Å². The van der Waals surface area contributed by atoms with Gasteiger partial charge in [0.15, 0.2) is 6.19 Å². The van der Waals surface area contributed by atoms with Crippen molar-refractivity contribution in [2.45, 2.75) is 32.1 Å². The van der Waals surface area contributed by atoms with Crippen LogP contribution in [0.4, 0.5) is 0 Å². The van der Waals surface area contributed by atoms with Crippen LogP contribution in [0.2, 0.25) is 0 Å². The molecular weight excluding hydrogens is 140 g/mol. The van der Waals surface area contributed by atoms with Crippen LogP contribution >= 0.6 is 0 Å². The average molecular weight is 152 g/mol. The molecule has 1 rings (SSSR count). The lowest BCUT2D eigenvalue weighted by atomic mass is 10.1. The van der Waals surface area contributed by atoms with E-state index in [0.29, 0.717) is 13.0 Å². The van der Waals surface area contributed by atoms with Gasteiger partial charge in [-0.15, -0.1) is 0 Å². The number of hydrogen-bond acceptors (Lipinski definition) is 2. The van der Waals surface area contributed by atoms with Gasteiger partial charge in [-0.1, -0.05) is 12.8 Å². The van der Waals surface area contributed by atoms with Crippen molar-refractivity contribution in [2.24, 2.45) is 0 Å². The third-order valence-electron chi connectivity index (χ3n) is 1.94. The number of hydrogen-bond donors (Lipinski definition) is 0. The maximum absolute atomic E-state index is 11.1. The van der Waals surface area contributed by atoms with Gasteiger partial charge in [-0.3, -0.25) is 4.79 Å². The smallest absolute Gasteiger partial charge is 0.235 e. The molecule has 0 bridgehead atoms. The summed E-state index contributed by atoms with van der Waals surface area (Å²) in [7, 11) is 0. The Morgan fingerprint density at radius 3 is 2.73 bits per heavy atom. The number of nitrogens with zero attached hydrogens (tertiary/aromatic N) is 2. The molecule has 1 amide bonds. The molecule has 3 nitrogen and oxygen atoms in total. The first-order valence-corrected chi connectivity index (χ1v) is 4.04. The van der Waals surface area contributed by atoms with E-state index in [1.165, 1.54) is 4.90 Å². The topological polar surface area (TPSA) is 44.1 Å². The highest BCUT2D eigenvalue weighted by molar-refractivity contribution is 5.77. The number of carbonyl (C=O) groups excluding carboxylic acids is 1. The molecule has 3 heteroatoms. The van der Waals surface area contributed by atoms with E-state index in [2.05, 4.69) is 0 Å². The molecule has 0 unspecified atom stereocenters. The minimum absolute atomic E-state index is 0.00722. The summed E-state index contributed by atoms with van der Waals surface area (Å²) in [5.41, 5.74) is 0. The van der Waals surface area contributed by atoms with Gasteiger partial charge < -0.3 is 0 Å². The van der Waals surface area contributed by atoms with Crippen LogP contribution in [0.5, 0.6) is 0 Å². The van der Waals surface area contributed by atoms with Crippen LogP contribution in [0.25, 0.3) is 0 Å². The first-order chi connectivity index (χ1) is 5.34. The van der Waals surface area contributed by atoms with Crippen molar-refractivity contribution in [3.05, 3.63) is 0 Å². The highest BCUT2D eigenvalue weighted by Gasteiger charge is 2.13. The summed E-state index contributed by atoms with van der Waals surface area (Å²) < 4.78 is 0. The quantitative estimate of drug-likeness (QED) is 0.490. The van der Waals surface area contributed by atoms with Gasteiger partial charge in [0.1, 0.15) is 0 Å². The SMILES string of the molecule is N#CN1CCCCCCC1=O. The van der Waals surface area contributed by atoms with Gasteiger partial charge in [0.05, 0.1) is 0 Å². The molecule has 0 aliphatic carbocycles. The molecule has 1 heterocycles. The summed E-state index contributed by atoms with van der Waals surface area (Å²) >= 11 is 0. The standard InChI is InChI=1S/C8H12N2O/c9-7-10-6-4-2-1-3-5-8(10)11/h1-6H2. The molecule has 1 aliphatic heterocycles. The average Bonchev–Trinajstić information content (AvgIpc) is 1.98. The molecular formula is C8H12N2O. The fourth-order valence-corrected chi connectivity index (χ4v) is 1.27. The van der Waals surface area contributed by atoms with E-state index < -0.39 is 0 Å². The fraction of sp³-hybridized carbons (Fsp3) is 0.750. The van der Waals surface area contributed by atoms with Gasteiger partial charge in [0, 0.05) is 13.0 Å². The normalized spacial score (nSPS) is 20.3. The maximum Gasteiger partial charge on any atom is 0.235 e. The summed E-state index contributed by atoms with van der Waals surface area (Å²) in [5.74, 6) is -0.00722. The third kappa shape index (κ3) is 2.23. The summed E-state index contributed by atoms with van der Waals surface area (Å²) in [6, 6.07) is 0. The molecule has 0 atom stereocenters. The first-order valence-electron chi connectivity index (χ1n) is 4.04. The Bertz CT molecular complexity index is 183. The van der Waals surface area contributed by atoms with Crippen LogP contribution in [-0.2, 0) is 4.79 Å². The Kier molecular flexibility index (Phi) is 2.91. The van der Waals surface area contributed by atoms with Crippen LogP contribution in [-0.4, -0.2) is 17.4 Å². The van der Waals surface area contributed by atoms with Gasteiger partial charge >= 0.3 is 0 Å².